The monoisotopic (exact) mass is 356 g/mol. The first kappa shape index (κ1) is 17.0. The maximum atomic E-state index is 12.6. The SMILES string of the molecule is COc1ccc(S(=O)(=O)N(C)c2cccc([N+](=O)[O-])c2)cc1Cl. The number of nitro groups is 1. The van der Waals surface area contributed by atoms with Crippen LogP contribution in [-0.4, -0.2) is 27.5 Å². The molecule has 122 valence electrons. The molecular weight excluding hydrogens is 344 g/mol. The average Bonchev–Trinajstić information content (AvgIpc) is 2.54. The Morgan fingerprint density at radius 2 is 1.91 bits per heavy atom. The molecular formula is C14H13ClN2O5S. The third kappa shape index (κ3) is 3.38. The van der Waals surface area contributed by atoms with Crippen LogP contribution in [0.15, 0.2) is 47.4 Å². The normalized spacial score (nSPS) is 11.1. The molecule has 0 aliphatic heterocycles. The molecule has 0 spiro atoms. The summed E-state index contributed by atoms with van der Waals surface area (Å²) in [7, 11) is -1.18. The number of nitro benzene ring substituents is 1. The molecule has 0 aromatic heterocycles. The van der Waals surface area contributed by atoms with Crippen molar-refractivity contribution in [3.8, 4) is 5.75 Å². The van der Waals surface area contributed by atoms with E-state index in [1.165, 1.54) is 56.6 Å². The number of sulfonamides is 1. The summed E-state index contributed by atoms with van der Waals surface area (Å²) in [5.41, 5.74) is -0.0246. The summed E-state index contributed by atoms with van der Waals surface area (Å²) in [5.74, 6) is 0.351. The zero-order valence-electron chi connectivity index (χ0n) is 12.3. The van der Waals surface area contributed by atoms with Gasteiger partial charge in [0.05, 0.1) is 27.6 Å². The summed E-state index contributed by atoms with van der Waals surface area (Å²) in [4.78, 5) is 10.2. The first-order valence-corrected chi connectivity index (χ1v) is 8.16. The van der Waals surface area contributed by atoms with Crippen molar-refractivity contribution >= 4 is 33.0 Å². The molecule has 0 saturated heterocycles. The van der Waals surface area contributed by atoms with Gasteiger partial charge in [-0.15, -0.1) is 0 Å². The molecule has 23 heavy (non-hydrogen) atoms. The molecule has 2 aromatic rings. The molecule has 0 atom stereocenters. The Morgan fingerprint density at radius 1 is 1.22 bits per heavy atom. The molecule has 9 heteroatoms. The number of non-ortho nitro benzene ring substituents is 1. The molecule has 0 saturated carbocycles. The quantitative estimate of drug-likeness (QED) is 0.606. The number of methoxy groups -OCH3 is 1. The molecule has 0 amide bonds. The van der Waals surface area contributed by atoms with Crippen LogP contribution in [0.1, 0.15) is 0 Å². The third-order valence-electron chi connectivity index (χ3n) is 3.19. The minimum Gasteiger partial charge on any atom is -0.495 e. The van der Waals surface area contributed by atoms with Gasteiger partial charge in [0.15, 0.2) is 0 Å². The lowest BCUT2D eigenvalue weighted by Crippen LogP contribution is -2.26. The van der Waals surface area contributed by atoms with Crippen LogP contribution in [0.25, 0.3) is 0 Å². The van der Waals surface area contributed by atoms with Crippen molar-refractivity contribution in [1.29, 1.82) is 0 Å². The molecule has 2 rings (SSSR count). The predicted octanol–water partition coefficient (Wildman–Crippen LogP) is 3.08. The molecule has 0 heterocycles. The molecule has 0 N–H and O–H groups in total. The fraction of sp³-hybridized carbons (Fsp3) is 0.143. The summed E-state index contributed by atoms with van der Waals surface area (Å²) in [6.45, 7) is 0. The molecule has 0 unspecified atom stereocenters. The van der Waals surface area contributed by atoms with Gasteiger partial charge >= 0.3 is 0 Å². The lowest BCUT2D eigenvalue weighted by molar-refractivity contribution is -0.384. The summed E-state index contributed by atoms with van der Waals surface area (Å²) < 4.78 is 31.2. The third-order valence-corrected chi connectivity index (χ3v) is 5.26. The number of benzene rings is 2. The summed E-state index contributed by atoms with van der Waals surface area (Å²) in [6, 6.07) is 9.42. The summed E-state index contributed by atoms with van der Waals surface area (Å²) in [6.07, 6.45) is 0. The van der Waals surface area contributed by atoms with Gasteiger partial charge in [-0.25, -0.2) is 8.42 Å². The number of rotatable bonds is 5. The van der Waals surface area contributed by atoms with Gasteiger partial charge in [-0.05, 0) is 24.3 Å². The van der Waals surface area contributed by atoms with E-state index in [-0.39, 0.29) is 21.3 Å². The van der Waals surface area contributed by atoms with E-state index in [4.69, 9.17) is 16.3 Å². The molecule has 0 bridgehead atoms. The Hall–Kier alpha value is -2.32. The van der Waals surface area contributed by atoms with Crippen LogP contribution >= 0.6 is 11.6 Å². The van der Waals surface area contributed by atoms with Gasteiger partial charge in [0, 0.05) is 19.2 Å². The van der Waals surface area contributed by atoms with E-state index in [1.54, 1.807) is 0 Å². The Labute approximate surface area is 138 Å². The van der Waals surface area contributed by atoms with Gasteiger partial charge in [-0.2, -0.15) is 0 Å². The summed E-state index contributed by atoms with van der Waals surface area (Å²) >= 11 is 5.96. The number of hydrogen-bond acceptors (Lipinski definition) is 5. The fourth-order valence-corrected chi connectivity index (χ4v) is 3.44. The first-order valence-electron chi connectivity index (χ1n) is 6.34. The predicted molar refractivity (Wildman–Crippen MR) is 86.7 cm³/mol. The van der Waals surface area contributed by atoms with Crippen molar-refractivity contribution in [1.82, 2.24) is 0 Å². The fourth-order valence-electron chi connectivity index (χ4n) is 1.91. The second-order valence-electron chi connectivity index (χ2n) is 4.55. The Balaban J connectivity index is 2.44. The minimum atomic E-state index is -3.91. The van der Waals surface area contributed by atoms with E-state index in [1.807, 2.05) is 0 Å². The highest BCUT2D eigenvalue weighted by Gasteiger charge is 2.23. The topological polar surface area (TPSA) is 89.8 Å². The minimum absolute atomic E-state index is 0.0442. The van der Waals surface area contributed by atoms with E-state index in [0.29, 0.717) is 5.75 Å². The van der Waals surface area contributed by atoms with Gasteiger partial charge in [0.1, 0.15) is 5.75 Å². The average molecular weight is 357 g/mol. The van der Waals surface area contributed by atoms with E-state index >= 15 is 0 Å². The van der Waals surface area contributed by atoms with Gasteiger partial charge in [0.2, 0.25) is 0 Å². The van der Waals surface area contributed by atoms with E-state index in [0.717, 1.165) is 4.31 Å². The maximum Gasteiger partial charge on any atom is 0.271 e. The summed E-state index contributed by atoms with van der Waals surface area (Å²) in [5, 5.41) is 11.0. The number of halogens is 1. The lowest BCUT2D eigenvalue weighted by atomic mass is 10.3. The second kappa shape index (κ2) is 6.43. The molecule has 0 fully saturated rings. The Kier molecular flexibility index (Phi) is 4.76. The van der Waals surface area contributed by atoms with Gasteiger partial charge < -0.3 is 4.74 Å². The van der Waals surface area contributed by atoms with Crippen molar-refractivity contribution in [2.45, 2.75) is 4.90 Å². The Bertz CT molecular complexity index is 854. The zero-order valence-corrected chi connectivity index (χ0v) is 13.8. The van der Waals surface area contributed by atoms with Crippen LogP contribution in [0.4, 0.5) is 11.4 Å². The lowest BCUT2D eigenvalue weighted by Gasteiger charge is -2.19. The van der Waals surface area contributed by atoms with Crippen LogP contribution < -0.4 is 9.04 Å². The largest absolute Gasteiger partial charge is 0.495 e. The van der Waals surface area contributed by atoms with Crippen molar-refractivity contribution in [3.05, 3.63) is 57.6 Å². The van der Waals surface area contributed by atoms with Crippen LogP contribution in [0.5, 0.6) is 5.75 Å². The van der Waals surface area contributed by atoms with E-state index in [2.05, 4.69) is 0 Å². The van der Waals surface area contributed by atoms with Gasteiger partial charge in [-0.1, -0.05) is 17.7 Å². The number of nitrogens with zero attached hydrogens (tertiary/aromatic N) is 2. The van der Waals surface area contributed by atoms with Crippen molar-refractivity contribution in [3.63, 3.8) is 0 Å². The molecule has 7 nitrogen and oxygen atoms in total. The van der Waals surface area contributed by atoms with Crippen molar-refractivity contribution in [2.24, 2.45) is 0 Å². The van der Waals surface area contributed by atoms with Crippen LogP contribution in [-0.2, 0) is 10.0 Å². The standard InChI is InChI=1S/C14H13ClN2O5S/c1-16(10-4-3-5-11(8-10)17(18)19)23(20,21)12-6-7-14(22-2)13(15)9-12/h3-9H,1-2H3. The second-order valence-corrected chi connectivity index (χ2v) is 6.92. The number of ether oxygens (including phenoxy) is 1. The highest BCUT2D eigenvalue weighted by molar-refractivity contribution is 7.92. The molecule has 0 aliphatic carbocycles. The molecule has 0 radical (unpaired) electrons. The van der Waals surface area contributed by atoms with Crippen molar-refractivity contribution in [2.75, 3.05) is 18.5 Å². The van der Waals surface area contributed by atoms with Crippen LogP contribution in [0, 0.1) is 10.1 Å². The van der Waals surface area contributed by atoms with Crippen molar-refractivity contribution < 1.29 is 18.1 Å². The highest BCUT2D eigenvalue weighted by Crippen LogP contribution is 2.30. The zero-order chi connectivity index (χ0) is 17.2. The Morgan fingerprint density at radius 3 is 2.48 bits per heavy atom. The van der Waals surface area contributed by atoms with E-state index in [9.17, 15) is 18.5 Å². The number of hydrogen-bond donors (Lipinski definition) is 0. The van der Waals surface area contributed by atoms with Gasteiger partial charge in [0.25, 0.3) is 15.7 Å². The first-order chi connectivity index (χ1) is 10.8. The smallest absolute Gasteiger partial charge is 0.271 e. The molecule has 2 aromatic carbocycles. The van der Waals surface area contributed by atoms with E-state index < -0.39 is 14.9 Å². The maximum absolute atomic E-state index is 12.6. The van der Waals surface area contributed by atoms with Crippen LogP contribution in [0.3, 0.4) is 0 Å². The molecule has 0 aliphatic rings. The number of anilines is 1. The van der Waals surface area contributed by atoms with Crippen LogP contribution in [0.2, 0.25) is 5.02 Å². The highest BCUT2D eigenvalue weighted by atomic mass is 35.5. The van der Waals surface area contributed by atoms with Gasteiger partial charge in [-0.3, -0.25) is 14.4 Å².